The molecule has 0 radical (unpaired) electrons. The number of carbonyl (C=O) groups is 2. The van der Waals surface area contributed by atoms with E-state index < -0.39 is 38.1 Å². The van der Waals surface area contributed by atoms with Crippen LogP contribution in [-0.2, 0) is 19.6 Å². The molecule has 2 saturated carbocycles. The highest BCUT2D eigenvalue weighted by atomic mass is 32.2. The highest BCUT2D eigenvalue weighted by Gasteiger charge is 2.65. The fourth-order valence-electron chi connectivity index (χ4n) is 7.58. The second kappa shape index (κ2) is 8.85. The average molecular weight is 577 g/mol. The maximum Gasteiger partial charge on any atom is 0.270 e. The van der Waals surface area contributed by atoms with E-state index in [0.29, 0.717) is 35.5 Å². The van der Waals surface area contributed by atoms with E-state index in [0.717, 1.165) is 10.4 Å². The first kappa shape index (κ1) is 27.4. The van der Waals surface area contributed by atoms with Crippen LogP contribution >= 0.6 is 0 Å². The summed E-state index contributed by atoms with van der Waals surface area (Å²) in [5, 5.41) is 3.39. The van der Waals surface area contributed by atoms with Gasteiger partial charge in [-0.15, -0.1) is 0 Å². The minimum atomic E-state index is -4.29. The average Bonchev–Trinajstić information content (AvgIpc) is 3.21. The lowest BCUT2D eigenvalue weighted by Crippen LogP contribution is -2.45. The summed E-state index contributed by atoms with van der Waals surface area (Å²) in [5.41, 5.74) is -0.800. The Hall–Kier alpha value is -3.79. The predicted octanol–water partition coefficient (Wildman–Crippen LogP) is 4.26. The number of benzene rings is 1. The largest absolute Gasteiger partial charge is 0.461 e. The van der Waals surface area contributed by atoms with Crippen molar-refractivity contribution in [3.8, 4) is 0 Å². The highest BCUT2D eigenvalue weighted by Crippen LogP contribution is 2.64. The van der Waals surface area contributed by atoms with Gasteiger partial charge in [0.05, 0.1) is 28.0 Å². The number of anilines is 1. The van der Waals surface area contributed by atoms with E-state index in [9.17, 15) is 27.6 Å². The zero-order chi connectivity index (χ0) is 29.6. The fourth-order valence-corrected chi connectivity index (χ4v) is 9.62. The van der Waals surface area contributed by atoms with Crippen LogP contribution in [0, 0.1) is 23.7 Å². The zero-order valence-electron chi connectivity index (χ0n) is 23.7. The lowest BCUT2D eigenvalue weighted by Gasteiger charge is -2.36. The molecule has 2 fully saturated rings. The SMILES string of the molecule is CC(=O)C1=C(C)Nc2ccn(S(=O)(=O)C[C@@]34CC[C@@H](CC3=O)C4(C)C)c(=O)c2C1c1cccc2c(=O)cc(C)oc12. The number of rotatable bonds is 5. The summed E-state index contributed by atoms with van der Waals surface area (Å²) in [6, 6.07) is 7.82. The van der Waals surface area contributed by atoms with Crippen molar-refractivity contribution in [1.29, 1.82) is 0 Å². The minimum absolute atomic E-state index is 0.0577. The molecule has 3 heterocycles. The Morgan fingerprint density at radius 2 is 1.88 bits per heavy atom. The van der Waals surface area contributed by atoms with E-state index in [1.165, 1.54) is 25.3 Å². The van der Waals surface area contributed by atoms with E-state index in [4.69, 9.17) is 4.42 Å². The normalized spacial score (nSPS) is 25.0. The molecule has 41 heavy (non-hydrogen) atoms. The van der Waals surface area contributed by atoms with Crippen molar-refractivity contribution in [3.05, 3.63) is 85.3 Å². The summed E-state index contributed by atoms with van der Waals surface area (Å²) >= 11 is 0. The summed E-state index contributed by atoms with van der Waals surface area (Å²) < 4.78 is 34.7. The Bertz CT molecular complexity index is 1950. The number of hydrogen-bond acceptors (Lipinski definition) is 8. The minimum Gasteiger partial charge on any atom is -0.461 e. The number of nitrogens with zero attached hydrogens (tertiary/aromatic N) is 1. The summed E-state index contributed by atoms with van der Waals surface area (Å²) in [4.78, 5) is 53.2. The molecule has 2 aliphatic carbocycles. The summed E-state index contributed by atoms with van der Waals surface area (Å²) in [7, 11) is -4.29. The maximum absolute atomic E-state index is 14.2. The Morgan fingerprint density at radius 3 is 2.51 bits per heavy atom. The predicted molar refractivity (Wildman–Crippen MR) is 155 cm³/mol. The van der Waals surface area contributed by atoms with Crippen molar-refractivity contribution in [2.75, 3.05) is 11.1 Å². The van der Waals surface area contributed by atoms with Gasteiger partial charge in [0.2, 0.25) is 10.0 Å². The first-order valence-corrected chi connectivity index (χ1v) is 15.3. The molecule has 3 atom stereocenters. The molecule has 0 spiro atoms. The number of Topliss-reactive ketones (excluding diaryl/α,β-unsaturated/α-hetero) is 2. The van der Waals surface area contributed by atoms with Gasteiger partial charge in [-0.05, 0) is 57.1 Å². The molecule has 2 bridgehead atoms. The van der Waals surface area contributed by atoms with Gasteiger partial charge < -0.3 is 9.73 Å². The van der Waals surface area contributed by atoms with Crippen LogP contribution < -0.4 is 16.3 Å². The molecule has 3 aromatic rings. The van der Waals surface area contributed by atoms with Gasteiger partial charge in [0.25, 0.3) is 5.56 Å². The summed E-state index contributed by atoms with van der Waals surface area (Å²) in [6.45, 7) is 8.63. The van der Waals surface area contributed by atoms with Crippen molar-refractivity contribution in [2.45, 2.75) is 59.8 Å². The Morgan fingerprint density at radius 1 is 1.15 bits per heavy atom. The third-order valence-corrected chi connectivity index (χ3v) is 11.6. The van der Waals surface area contributed by atoms with Gasteiger partial charge >= 0.3 is 0 Å². The van der Waals surface area contributed by atoms with Crippen LogP contribution in [0.4, 0.5) is 5.69 Å². The van der Waals surface area contributed by atoms with Crippen LogP contribution in [0.5, 0.6) is 0 Å². The van der Waals surface area contributed by atoms with E-state index >= 15 is 0 Å². The Labute approximate surface area is 237 Å². The standard InChI is InChI=1S/C31H32N2O7S/c1-16-13-23(35)20-7-6-8-21(28(20)40-16)26-25(18(3)34)17(2)32-22-10-12-33(29(37)27(22)26)41(38,39)15-31-11-9-19(14-24(31)36)30(31,4)5/h6-8,10,12-13,19,26,32H,9,11,14-15H2,1-5H3/t19-,26?,31-/m0/s1. The number of fused-ring (bicyclic) bond motifs is 4. The van der Waals surface area contributed by atoms with E-state index in [1.54, 1.807) is 32.0 Å². The van der Waals surface area contributed by atoms with E-state index in [-0.39, 0.29) is 45.0 Å². The first-order chi connectivity index (χ1) is 19.2. The molecule has 1 N–H and O–H groups in total. The first-order valence-electron chi connectivity index (χ1n) is 13.7. The number of allylic oxidation sites excluding steroid dienone is 2. The van der Waals surface area contributed by atoms with Gasteiger partial charge in [-0.25, -0.2) is 12.4 Å². The quantitative estimate of drug-likeness (QED) is 0.477. The topological polar surface area (TPSA) is 133 Å². The van der Waals surface area contributed by atoms with Gasteiger partial charge in [-0.1, -0.05) is 26.0 Å². The number of carbonyl (C=O) groups excluding carboxylic acids is 2. The van der Waals surface area contributed by atoms with Crippen molar-refractivity contribution in [2.24, 2.45) is 16.7 Å². The fraction of sp³-hybridized carbons (Fsp3) is 0.419. The molecule has 2 aromatic heterocycles. The smallest absolute Gasteiger partial charge is 0.270 e. The Kier molecular flexibility index (Phi) is 5.91. The van der Waals surface area contributed by atoms with Crippen molar-refractivity contribution in [1.82, 2.24) is 3.97 Å². The lowest BCUT2D eigenvalue weighted by atomic mass is 9.70. The molecule has 1 unspecified atom stereocenters. The molecule has 1 aliphatic heterocycles. The zero-order valence-corrected chi connectivity index (χ0v) is 24.5. The lowest BCUT2D eigenvalue weighted by molar-refractivity contribution is -0.128. The number of pyridine rings is 1. The summed E-state index contributed by atoms with van der Waals surface area (Å²) in [5.74, 6) is -1.35. The van der Waals surface area contributed by atoms with Crippen LogP contribution in [0.15, 0.2) is 61.8 Å². The van der Waals surface area contributed by atoms with Crippen molar-refractivity contribution in [3.63, 3.8) is 0 Å². The maximum atomic E-state index is 14.2. The third kappa shape index (κ3) is 3.76. The number of para-hydroxylation sites is 1. The molecule has 214 valence electrons. The van der Waals surface area contributed by atoms with Gasteiger partial charge in [0, 0.05) is 41.2 Å². The molecule has 10 heteroatoms. The van der Waals surface area contributed by atoms with Crippen LogP contribution in [0.1, 0.15) is 69.8 Å². The van der Waals surface area contributed by atoms with Crippen LogP contribution in [0.2, 0.25) is 0 Å². The van der Waals surface area contributed by atoms with Gasteiger partial charge in [0.15, 0.2) is 11.2 Å². The number of ketones is 2. The van der Waals surface area contributed by atoms with Gasteiger partial charge in [-0.3, -0.25) is 19.2 Å². The second-order valence-corrected chi connectivity index (χ2v) is 14.1. The molecular formula is C31H32N2O7S. The van der Waals surface area contributed by atoms with Gasteiger partial charge in [0.1, 0.15) is 17.1 Å². The molecule has 0 saturated heterocycles. The second-order valence-electron chi connectivity index (χ2n) is 12.3. The molecule has 6 rings (SSSR count). The number of hydrogen-bond donors (Lipinski definition) is 1. The number of aromatic nitrogens is 1. The highest BCUT2D eigenvalue weighted by molar-refractivity contribution is 7.89. The molecule has 9 nitrogen and oxygen atoms in total. The number of aryl methyl sites for hydroxylation is 1. The monoisotopic (exact) mass is 576 g/mol. The summed E-state index contributed by atoms with van der Waals surface area (Å²) in [6.07, 6.45) is 2.81. The molecule has 1 aromatic carbocycles. The van der Waals surface area contributed by atoms with Crippen molar-refractivity contribution < 1.29 is 22.4 Å². The Balaban J connectivity index is 1.58. The van der Waals surface area contributed by atoms with Crippen molar-refractivity contribution >= 4 is 38.2 Å². The molecular weight excluding hydrogens is 544 g/mol. The van der Waals surface area contributed by atoms with Crippen LogP contribution in [0.25, 0.3) is 11.0 Å². The third-order valence-electron chi connectivity index (χ3n) is 9.87. The van der Waals surface area contributed by atoms with E-state index in [1.807, 2.05) is 13.8 Å². The van der Waals surface area contributed by atoms with Gasteiger partial charge in [-0.2, -0.15) is 0 Å². The molecule has 3 aliphatic rings. The van der Waals surface area contributed by atoms with E-state index in [2.05, 4.69) is 5.32 Å². The molecule has 0 amide bonds. The van der Waals surface area contributed by atoms with Crippen LogP contribution in [-0.4, -0.2) is 29.7 Å². The van der Waals surface area contributed by atoms with Crippen LogP contribution in [0.3, 0.4) is 0 Å². The number of nitrogens with one attached hydrogen (secondary N) is 1.